The van der Waals surface area contributed by atoms with Gasteiger partial charge in [0.25, 0.3) is 5.91 Å². The molecule has 2 aromatic carbocycles. The van der Waals surface area contributed by atoms with Gasteiger partial charge in [-0.2, -0.15) is 10.2 Å². The largest absolute Gasteiger partial charge is 0.493 e. The molecule has 1 N–H and O–H groups in total. The fourth-order valence-electron chi connectivity index (χ4n) is 2.56. The van der Waals surface area contributed by atoms with E-state index < -0.39 is 5.91 Å². The highest BCUT2D eigenvalue weighted by atomic mass is 79.9. The van der Waals surface area contributed by atoms with Gasteiger partial charge in [-0.3, -0.25) is 9.48 Å². The first-order valence-corrected chi connectivity index (χ1v) is 10.1. The fourth-order valence-corrected chi connectivity index (χ4v) is 3.32. The molecule has 0 aliphatic heterocycles. The maximum absolute atomic E-state index is 12.4. The smallest absolute Gasteiger partial charge is 0.293 e. The summed E-state index contributed by atoms with van der Waals surface area (Å²) < 4.78 is 13.7. The zero-order valence-electron chi connectivity index (χ0n) is 15.7. The number of benzene rings is 2. The van der Waals surface area contributed by atoms with Crippen LogP contribution in [0.25, 0.3) is 0 Å². The minimum absolute atomic E-state index is 0.256. The Labute approximate surface area is 185 Å². The summed E-state index contributed by atoms with van der Waals surface area (Å²) in [5, 5.41) is 8.34. The first-order chi connectivity index (χ1) is 14.0. The molecule has 0 unspecified atom stereocenters. The van der Waals surface area contributed by atoms with E-state index in [0.29, 0.717) is 22.5 Å². The number of carbonyl (C=O) groups is 1. The number of aromatic nitrogens is 2. The third-order valence-electron chi connectivity index (χ3n) is 3.98. The number of nitrogens with one attached hydrogen (secondary N) is 1. The Balaban J connectivity index is 1.65. The Hall–Kier alpha value is -2.65. The lowest BCUT2D eigenvalue weighted by atomic mass is 10.2. The molecule has 1 aromatic heterocycles. The van der Waals surface area contributed by atoms with Crippen molar-refractivity contribution in [3.63, 3.8) is 0 Å². The van der Waals surface area contributed by atoms with E-state index in [1.807, 2.05) is 24.3 Å². The Kier molecular flexibility index (Phi) is 7.05. The average Bonchev–Trinajstić information content (AvgIpc) is 3.09. The highest BCUT2D eigenvalue weighted by Crippen LogP contribution is 2.26. The maximum atomic E-state index is 12.4. The standard InChI is InChI=1S/C20H18Br2N4O3/c1-28-17-8-5-14(9-18(17)29-2)10-23-24-20(27)19-16(22)12-26(25-19)11-13-3-6-15(21)7-4-13/h3-10,12H,11H2,1-2H3,(H,24,27). The maximum Gasteiger partial charge on any atom is 0.293 e. The van der Waals surface area contributed by atoms with Crippen molar-refractivity contribution in [3.05, 3.63) is 74.4 Å². The molecular formula is C20H18Br2N4O3. The van der Waals surface area contributed by atoms with Crippen molar-refractivity contribution in [2.75, 3.05) is 14.2 Å². The molecule has 9 heteroatoms. The minimum Gasteiger partial charge on any atom is -0.493 e. The summed E-state index contributed by atoms with van der Waals surface area (Å²) in [6, 6.07) is 13.2. The average molecular weight is 522 g/mol. The summed E-state index contributed by atoms with van der Waals surface area (Å²) >= 11 is 6.79. The molecule has 0 radical (unpaired) electrons. The van der Waals surface area contributed by atoms with Gasteiger partial charge in [-0.15, -0.1) is 0 Å². The van der Waals surface area contributed by atoms with Crippen LogP contribution >= 0.6 is 31.9 Å². The number of halogens is 2. The Morgan fingerprint density at radius 3 is 2.55 bits per heavy atom. The number of ether oxygens (including phenoxy) is 2. The van der Waals surface area contributed by atoms with Crippen LogP contribution in [0.4, 0.5) is 0 Å². The fraction of sp³-hybridized carbons (Fsp3) is 0.150. The SMILES string of the molecule is COc1ccc(C=NNC(=O)c2nn(Cc3ccc(Br)cc3)cc2Br)cc1OC. The van der Waals surface area contributed by atoms with Crippen LogP contribution in [0.1, 0.15) is 21.6 Å². The van der Waals surface area contributed by atoms with Crippen LogP contribution in [0, 0.1) is 0 Å². The third kappa shape index (κ3) is 5.45. The number of rotatable bonds is 7. The number of hydrogen-bond donors (Lipinski definition) is 1. The Bertz CT molecular complexity index is 1030. The van der Waals surface area contributed by atoms with Gasteiger partial charge in [-0.1, -0.05) is 28.1 Å². The Morgan fingerprint density at radius 2 is 1.86 bits per heavy atom. The first-order valence-electron chi connectivity index (χ1n) is 8.53. The molecule has 1 heterocycles. The van der Waals surface area contributed by atoms with Gasteiger partial charge in [0.05, 0.1) is 31.5 Å². The van der Waals surface area contributed by atoms with Crippen molar-refractivity contribution in [2.45, 2.75) is 6.54 Å². The van der Waals surface area contributed by atoms with Crippen LogP contribution in [0.5, 0.6) is 11.5 Å². The second-order valence-electron chi connectivity index (χ2n) is 5.96. The van der Waals surface area contributed by atoms with Crippen LogP contribution in [0.2, 0.25) is 0 Å². The van der Waals surface area contributed by atoms with Crippen LogP contribution < -0.4 is 14.9 Å². The number of hydrazone groups is 1. The van der Waals surface area contributed by atoms with Crippen LogP contribution in [0.15, 0.2) is 62.7 Å². The second-order valence-corrected chi connectivity index (χ2v) is 7.73. The van der Waals surface area contributed by atoms with Crippen molar-refractivity contribution in [1.29, 1.82) is 0 Å². The lowest BCUT2D eigenvalue weighted by molar-refractivity contribution is 0.0948. The van der Waals surface area contributed by atoms with Crippen molar-refractivity contribution >= 4 is 44.0 Å². The minimum atomic E-state index is -0.414. The van der Waals surface area contributed by atoms with E-state index in [0.717, 1.165) is 15.6 Å². The van der Waals surface area contributed by atoms with Crippen molar-refractivity contribution in [3.8, 4) is 11.5 Å². The number of hydrogen-bond acceptors (Lipinski definition) is 5. The van der Waals surface area contributed by atoms with Crippen molar-refractivity contribution in [2.24, 2.45) is 5.10 Å². The van der Waals surface area contributed by atoms with Crippen LogP contribution in [-0.2, 0) is 6.54 Å². The van der Waals surface area contributed by atoms with Gasteiger partial charge in [0.15, 0.2) is 17.2 Å². The molecule has 29 heavy (non-hydrogen) atoms. The molecule has 0 spiro atoms. The van der Waals surface area contributed by atoms with Gasteiger partial charge in [0.2, 0.25) is 0 Å². The lowest BCUT2D eigenvalue weighted by Gasteiger charge is -2.07. The van der Waals surface area contributed by atoms with Gasteiger partial charge in [0.1, 0.15) is 0 Å². The number of methoxy groups -OCH3 is 2. The molecule has 3 rings (SSSR count). The molecule has 0 aliphatic carbocycles. The van der Waals surface area contributed by atoms with Crippen molar-refractivity contribution in [1.82, 2.24) is 15.2 Å². The molecule has 3 aromatic rings. The molecule has 0 saturated heterocycles. The van der Waals surface area contributed by atoms with Crippen molar-refractivity contribution < 1.29 is 14.3 Å². The summed E-state index contributed by atoms with van der Waals surface area (Å²) in [6.45, 7) is 0.550. The molecule has 0 aliphatic rings. The third-order valence-corrected chi connectivity index (χ3v) is 5.09. The van der Waals surface area contributed by atoms with E-state index >= 15 is 0 Å². The summed E-state index contributed by atoms with van der Waals surface area (Å²) in [5.74, 6) is 0.786. The quantitative estimate of drug-likeness (QED) is 0.372. The van der Waals surface area contributed by atoms with Gasteiger partial charge in [-0.25, -0.2) is 5.43 Å². The van der Waals surface area contributed by atoms with E-state index in [2.05, 4.69) is 47.5 Å². The monoisotopic (exact) mass is 520 g/mol. The molecular weight excluding hydrogens is 504 g/mol. The molecule has 0 saturated carbocycles. The highest BCUT2D eigenvalue weighted by Gasteiger charge is 2.15. The van der Waals surface area contributed by atoms with Gasteiger partial charge < -0.3 is 9.47 Å². The van der Waals surface area contributed by atoms with Gasteiger partial charge >= 0.3 is 0 Å². The van der Waals surface area contributed by atoms with E-state index in [4.69, 9.17) is 9.47 Å². The molecule has 150 valence electrons. The highest BCUT2D eigenvalue weighted by molar-refractivity contribution is 9.10. The number of amides is 1. The summed E-state index contributed by atoms with van der Waals surface area (Å²) in [6.07, 6.45) is 3.28. The molecule has 0 bridgehead atoms. The predicted molar refractivity (Wildman–Crippen MR) is 118 cm³/mol. The van der Waals surface area contributed by atoms with Gasteiger partial charge in [0, 0.05) is 10.7 Å². The second kappa shape index (κ2) is 9.71. The predicted octanol–water partition coefficient (Wildman–Crippen LogP) is 4.24. The molecule has 0 atom stereocenters. The molecule has 7 nitrogen and oxygen atoms in total. The van der Waals surface area contributed by atoms with E-state index in [9.17, 15) is 4.79 Å². The topological polar surface area (TPSA) is 77.7 Å². The summed E-state index contributed by atoms with van der Waals surface area (Å²) in [4.78, 5) is 12.4. The zero-order chi connectivity index (χ0) is 20.8. The van der Waals surface area contributed by atoms with E-state index in [1.54, 1.807) is 43.3 Å². The summed E-state index contributed by atoms with van der Waals surface area (Å²) in [7, 11) is 3.13. The molecule has 0 fully saturated rings. The van der Waals surface area contributed by atoms with E-state index in [1.165, 1.54) is 6.21 Å². The van der Waals surface area contributed by atoms with Crippen LogP contribution in [0.3, 0.4) is 0 Å². The lowest BCUT2D eigenvalue weighted by Crippen LogP contribution is -2.19. The zero-order valence-corrected chi connectivity index (χ0v) is 18.9. The summed E-state index contributed by atoms with van der Waals surface area (Å²) in [5.41, 5.74) is 4.57. The Morgan fingerprint density at radius 1 is 1.14 bits per heavy atom. The van der Waals surface area contributed by atoms with E-state index in [-0.39, 0.29) is 5.69 Å². The number of carbonyl (C=O) groups excluding carboxylic acids is 1. The first kappa shape index (κ1) is 21.1. The molecule has 1 amide bonds. The normalized spacial score (nSPS) is 10.9. The van der Waals surface area contributed by atoms with Crippen LogP contribution in [-0.4, -0.2) is 36.1 Å². The number of nitrogens with zero attached hydrogens (tertiary/aromatic N) is 3. The van der Waals surface area contributed by atoms with Gasteiger partial charge in [-0.05, 0) is 57.4 Å².